The number of benzene rings is 1. The second-order valence-corrected chi connectivity index (χ2v) is 6.46. The van der Waals surface area contributed by atoms with Crippen LogP contribution in [-0.2, 0) is 19.5 Å². The summed E-state index contributed by atoms with van der Waals surface area (Å²) in [6.45, 7) is 8.47. The highest BCUT2D eigenvalue weighted by Gasteiger charge is 2.25. The molecule has 0 spiro atoms. The van der Waals surface area contributed by atoms with Crippen LogP contribution in [0.15, 0.2) is 28.7 Å². The molecule has 0 saturated carbocycles. The summed E-state index contributed by atoms with van der Waals surface area (Å²) in [4.78, 5) is 18.7. The fourth-order valence-corrected chi connectivity index (χ4v) is 2.76. The van der Waals surface area contributed by atoms with Crippen molar-refractivity contribution in [1.29, 1.82) is 0 Å². The van der Waals surface area contributed by atoms with Crippen LogP contribution in [0.25, 0.3) is 0 Å². The summed E-state index contributed by atoms with van der Waals surface area (Å²) in [5.41, 5.74) is 3.45. The summed E-state index contributed by atoms with van der Waals surface area (Å²) >= 11 is 0. The molecular formula is C18H23N3O2. The molecule has 3 rings (SSSR count). The minimum Gasteiger partial charge on any atom is -0.437 e. The van der Waals surface area contributed by atoms with E-state index in [2.05, 4.69) is 46.4 Å². The summed E-state index contributed by atoms with van der Waals surface area (Å²) in [5.74, 6) is 0.791. The zero-order valence-electron chi connectivity index (χ0n) is 13.9. The Kier molecular flexibility index (Phi) is 4.48. The monoisotopic (exact) mass is 313 g/mol. The Morgan fingerprint density at radius 1 is 1.35 bits per heavy atom. The van der Waals surface area contributed by atoms with E-state index in [1.54, 1.807) is 0 Å². The van der Waals surface area contributed by atoms with Crippen molar-refractivity contribution in [2.75, 3.05) is 6.54 Å². The van der Waals surface area contributed by atoms with Gasteiger partial charge in [0.05, 0.1) is 5.69 Å². The molecule has 1 amide bonds. The quantitative estimate of drug-likeness (QED) is 0.943. The maximum atomic E-state index is 12.0. The predicted octanol–water partition coefficient (Wildman–Crippen LogP) is 2.68. The van der Waals surface area contributed by atoms with Gasteiger partial charge in [-0.3, -0.25) is 9.69 Å². The number of hydrogen-bond donors (Lipinski definition) is 1. The van der Waals surface area contributed by atoms with Crippen LogP contribution in [0.5, 0.6) is 0 Å². The maximum Gasteiger partial charge on any atom is 0.307 e. The first-order chi connectivity index (χ1) is 11.0. The summed E-state index contributed by atoms with van der Waals surface area (Å²) in [5, 5.41) is 2.82. The number of aromatic nitrogens is 1. The van der Waals surface area contributed by atoms with Gasteiger partial charge in [0.25, 0.3) is 5.89 Å². The molecule has 1 aliphatic rings. The molecule has 0 fully saturated rings. The molecule has 1 aliphatic heterocycles. The largest absolute Gasteiger partial charge is 0.437 e. The number of fused-ring (bicyclic) bond motifs is 1. The predicted molar refractivity (Wildman–Crippen MR) is 88.1 cm³/mol. The van der Waals surface area contributed by atoms with Gasteiger partial charge in [0.2, 0.25) is 0 Å². The van der Waals surface area contributed by atoms with Crippen molar-refractivity contribution in [1.82, 2.24) is 15.2 Å². The number of rotatable bonds is 4. The Labute approximate surface area is 136 Å². The molecule has 122 valence electrons. The molecule has 0 saturated heterocycles. The van der Waals surface area contributed by atoms with E-state index in [9.17, 15) is 4.79 Å². The average molecular weight is 313 g/mol. The van der Waals surface area contributed by atoms with Crippen LogP contribution in [0.2, 0.25) is 0 Å². The third-order valence-electron chi connectivity index (χ3n) is 3.95. The van der Waals surface area contributed by atoms with Crippen molar-refractivity contribution in [2.24, 2.45) is 0 Å². The molecular weight excluding hydrogens is 290 g/mol. The van der Waals surface area contributed by atoms with E-state index in [1.807, 2.05) is 13.8 Å². The lowest BCUT2D eigenvalue weighted by molar-refractivity contribution is 0.0906. The van der Waals surface area contributed by atoms with E-state index in [-0.39, 0.29) is 17.8 Å². The van der Waals surface area contributed by atoms with Gasteiger partial charge in [0, 0.05) is 32.1 Å². The number of nitrogens with zero attached hydrogens (tertiary/aromatic N) is 2. The molecule has 0 bridgehead atoms. The number of carbonyl (C=O) groups is 1. The number of nitrogens with one attached hydrogen (secondary N) is 1. The van der Waals surface area contributed by atoms with Crippen LogP contribution in [0.4, 0.5) is 0 Å². The maximum absolute atomic E-state index is 12.0. The molecule has 5 nitrogen and oxygen atoms in total. The molecule has 0 atom stereocenters. The van der Waals surface area contributed by atoms with Gasteiger partial charge in [-0.1, -0.05) is 29.8 Å². The Balaban J connectivity index is 1.67. The fourth-order valence-electron chi connectivity index (χ4n) is 2.76. The Morgan fingerprint density at radius 2 is 2.09 bits per heavy atom. The van der Waals surface area contributed by atoms with Crippen LogP contribution in [0.1, 0.15) is 47.1 Å². The Bertz CT molecular complexity index is 689. The molecule has 1 N–H and O–H groups in total. The second kappa shape index (κ2) is 6.54. The van der Waals surface area contributed by atoms with Crippen molar-refractivity contribution in [3.05, 3.63) is 52.7 Å². The molecule has 5 heteroatoms. The van der Waals surface area contributed by atoms with Gasteiger partial charge in [-0.15, -0.1) is 0 Å². The van der Waals surface area contributed by atoms with Crippen molar-refractivity contribution in [3.63, 3.8) is 0 Å². The van der Waals surface area contributed by atoms with Crippen LogP contribution in [0.3, 0.4) is 0 Å². The van der Waals surface area contributed by atoms with Crippen molar-refractivity contribution in [3.8, 4) is 0 Å². The van der Waals surface area contributed by atoms with E-state index in [0.29, 0.717) is 0 Å². The fraction of sp³-hybridized carbons (Fsp3) is 0.444. The first-order valence-corrected chi connectivity index (χ1v) is 8.08. The summed E-state index contributed by atoms with van der Waals surface area (Å²) < 4.78 is 5.63. The first kappa shape index (κ1) is 15.7. The van der Waals surface area contributed by atoms with Gasteiger partial charge in [-0.05, 0) is 26.3 Å². The highest BCUT2D eigenvalue weighted by atomic mass is 16.4. The first-order valence-electron chi connectivity index (χ1n) is 8.08. The van der Waals surface area contributed by atoms with Crippen LogP contribution < -0.4 is 5.32 Å². The van der Waals surface area contributed by atoms with Gasteiger partial charge >= 0.3 is 5.91 Å². The minimum absolute atomic E-state index is 0.0736. The van der Waals surface area contributed by atoms with E-state index >= 15 is 0 Å². The third kappa shape index (κ3) is 3.79. The van der Waals surface area contributed by atoms with Crippen LogP contribution in [0, 0.1) is 6.92 Å². The van der Waals surface area contributed by atoms with E-state index in [4.69, 9.17) is 4.42 Å². The van der Waals surface area contributed by atoms with Gasteiger partial charge in [0.1, 0.15) is 5.76 Å². The molecule has 0 aliphatic carbocycles. The SMILES string of the molecule is Cc1ccc(CN2CCc3oc(C(=O)NC(C)C)nc3C2)cc1. The van der Waals surface area contributed by atoms with Crippen molar-refractivity contribution in [2.45, 2.75) is 46.3 Å². The lowest BCUT2D eigenvalue weighted by Gasteiger charge is -2.25. The van der Waals surface area contributed by atoms with E-state index in [1.165, 1.54) is 11.1 Å². The number of amides is 1. The van der Waals surface area contributed by atoms with Gasteiger partial charge < -0.3 is 9.73 Å². The normalized spacial score (nSPS) is 14.8. The molecule has 1 aromatic heterocycles. The Hall–Kier alpha value is -2.14. The minimum atomic E-state index is -0.237. The average Bonchev–Trinajstić information content (AvgIpc) is 2.92. The second-order valence-electron chi connectivity index (χ2n) is 6.46. The Morgan fingerprint density at radius 3 is 2.78 bits per heavy atom. The molecule has 23 heavy (non-hydrogen) atoms. The lowest BCUT2D eigenvalue weighted by Crippen LogP contribution is -2.30. The number of carbonyl (C=O) groups excluding carboxylic acids is 1. The zero-order chi connectivity index (χ0) is 16.4. The van der Waals surface area contributed by atoms with Crippen LogP contribution >= 0.6 is 0 Å². The summed E-state index contributed by atoms with van der Waals surface area (Å²) in [7, 11) is 0. The molecule has 1 aromatic carbocycles. The van der Waals surface area contributed by atoms with Gasteiger partial charge in [0.15, 0.2) is 0 Å². The van der Waals surface area contributed by atoms with E-state index < -0.39 is 0 Å². The summed E-state index contributed by atoms with van der Waals surface area (Å²) in [6, 6.07) is 8.67. The van der Waals surface area contributed by atoms with Crippen LogP contribution in [-0.4, -0.2) is 28.4 Å². The topological polar surface area (TPSA) is 58.4 Å². The molecule has 2 aromatic rings. The lowest BCUT2D eigenvalue weighted by atomic mass is 10.1. The van der Waals surface area contributed by atoms with Crippen molar-refractivity contribution < 1.29 is 9.21 Å². The number of oxazole rings is 1. The van der Waals surface area contributed by atoms with Gasteiger partial charge in [-0.25, -0.2) is 4.98 Å². The molecule has 0 radical (unpaired) electrons. The highest BCUT2D eigenvalue weighted by molar-refractivity contribution is 5.89. The standard InChI is InChI=1S/C18H23N3O2/c1-12(2)19-17(22)18-20-15-11-21(9-8-16(15)23-18)10-14-6-4-13(3)5-7-14/h4-7,12H,8-11H2,1-3H3,(H,19,22). The number of aryl methyl sites for hydroxylation is 1. The molecule has 0 unspecified atom stereocenters. The summed E-state index contributed by atoms with van der Waals surface area (Å²) in [6.07, 6.45) is 0.795. The number of hydrogen-bond acceptors (Lipinski definition) is 4. The van der Waals surface area contributed by atoms with Gasteiger partial charge in [-0.2, -0.15) is 0 Å². The highest BCUT2D eigenvalue weighted by Crippen LogP contribution is 2.21. The molecule has 2 heterocycles. The third-order valence-corrected chi connectivity index (χ3v) is 3.95. The zero-order valence-corrected chi connectivity index (χ0v) is 13.9. The smallest absolute Gasteiger partial charge is 0.307 e. The van der Waals surface area contributed by atoms with Crippen molar-refractivity contribution >= 4 is 5.91 Å². The van der Waals surface area contributed by atoms with E-state index in [0.717, 1.165) is 37.5 Å².